The summed E-state index contributed by atoms with van der Waals surface area (Å²) in [7, 11) is 0. The number of nitrogen functional groups attached to an aromatic ring is 1. The van der Waals surface area contributed by atoms with E-state index in [0.29, 0.717) is 5.56 Å². The van der Waals surface area contributed by atoms with Gasteiger partial charge in [-0.2, -0.15) is 0 Å². The normalized spacial score (nSPS) is 16.6. The van der Waals surface area contributed by atoms with Crippen LogP contribution in [0.4, 0.5) is 5.69 Å². The van der Waals surface area contributed by atoms with Crippen LogP contribution in [-0.4, -0.2) is 23.2 Å². The zero-order chi connectivity index (χ0) is 12.6. The lowest BCUT2D eigenvalue weighted by atomic mass is 10.1. The molecule has 1 amide bonds. The van der Waals surface area contributed by atoms with Crippen molar-refractivity contribution in [3.8, 4) is 0 Å². The van der Waals surface area contributed by atoms with Crippen LogP contribution in [0, 0.1) is 0 Å². The number of nitrogens with two attached hydrogens (primary N) is 1. The number of rotatable bonds is 3. The zero-order valence-electron chi connectivity index (χ0n) is 8.96. The molecule has 17 heavy (non-hydrogen) atoms. The Labute approximate surface area is 109 Å². The van der Waals surface area contributed by atoms with Crippen molar-refractivity contribution in [3.63, 3.8) is 0 Å². The van der Waals surface area contributed by atoms with Gasteiger partial charge in [0.05, 0.1) is 27.9 Å². The zero-order valence-corrected chi connectivity index (χ0v) is 10.5. The van der Waals surface area contributed by atoms with Gasteiger partial charge >= 0.3 is 0 Å². The van der Waals surface area contributed by atoms with Gasteiger partial charge in [-0.3, -0.25) is 4.79 Å². The Morgan fingerprint density at radius 2 is 2.12 bits per heavy atom. The molecule has 4 N–H and O–H groups in total. The molecule has 1 aliphatic rings. The molecule has 0 radical (unpaired) electrons. The number of carbonyl (C=O) groups excluding carboxylic acids is 1. The quantitative estimate of drug-likeness (QED) is 0.737. The molecule has 2 rings (SSSR count). The van der Waals surface area contributed by atoms with Gasteiger partial charge in [-0.1, -0.05) is 23.2 Å². The predicted molar refractivity (Wildman–Crippen MR) is 67.4 cm³/mol. The minimum atomic E-state index is -0.460. The average Bonchev–Trinajstić information content (AvgIpc) is 3.05. The van der Waals surface area contributed by atoms with E-state index in [9.17, 15) is 4.79 Å². The van der Waals surface area contributed by atoms with Crippen molar-refractivity contribution >= 4 is 34.8 Å². The molecule has 0 atom stereocenters. The first-order valence-corrected chi connectivity index (χ1v) is 5.91. The lowest BCUT2D eigenvalue weighted by molar-refractivity contribution is 0.0907. The van der Waals surface area contributed by atoms with Crippen molar-refractivity contribution in [2.45, 2.75) is 18.4 Å². The number of nitrogens with one attached hydrogen (secondary N) is 1. The highest BCUT2D eigenvalue weighted by Gasteiger charge is 2.43. The fourth-order valence-corrected chi connectivity index (χ4v) is 1.86. The summed E-state index contributed by atoms with van der Waals surface area (Å²) in [4.78, 5) is 11.9. The van der Waals surface area contributed by atoms with Crippen LogP contribution >= 0.6 is 23.2 Å². The summed E-state index contributed by atoms with van der Waals surface area (Å²) >= 11 is 11.6. The number of halogens is 2. The summed E-state index contributed by atoms with van der Waals surface area (Å²) in [6, 6.07) is 2.93. The molecule has 1 aromatic carbocycles. The van der Waals surface area contributed by atoms with Gasteiger partial charge in [0.1, 0.15) is 0 Å². The first-order chi connectivity index (χ1) is 7.97. The molecule has 4 nitrogen and oxygen atoms in total. The Balaban J connectivity index is 2.20. The number of carbonyl (C=O) groups is 1. The number of anilines is 1. The van der Waals surface area contributed by atoms with Gasteiger partial charge in [-0.15, -0.1) is 0 Å². The van der Waals surface area contributed by atoms with Crippen LogP contribution in [0.2, 0.25) is 10.0 Å². The molecule has 1 aliphatic carbocycles. The first-order valence-electron chi connectivity index (χ1n) is 5.15. The van der Waals surface area contributed by atoms with Gasteiger partial charge in [0.2, 0.25) is 0 Å². The second-order valence-electron chi connectivity index (χ2n) is 4.25. The largest absolute Gasteiger partial charge is 0.397 e. The van der Waals surface area contributed by atoms with Crippen LogP contribution in [-0.2, 0) is 0 Å². The average molecular weight is 275 g/mol. The minimum Gasteiger partial charge on any atom is -0.397 e. The topological polar surface area (TPSA) is 75.4 Å². The molecule has 0 aromatic heterocycles. The fourth-order valence-electron chi connectivity index (χ4n) is 1.53. The summed E-state index contributed by atoms with van der Waals surface area (Å²) in [5.41, 5.74) is 5.77. The monoisotopic (exact) mass is 274 g/mol. The van der Waals surface area contributed by atoms with E-state index < -0.39 is 5.54 Å². The van der Waals surface area contributed by atoms with E-state index >= 15 is 0 Å². The SMILES string of the molecule is Nc1cc(C(=O)NC2(CO)CC2)cc(Cl)c1Cl. The number of hydrogen-bond acceptors (Lipinski definition) is 3. The summed E-state index contributed by atoms with van der Waals surface area (Å²) < 4.78 is 0. The molecule has 6 heteroatoms. The molecule has 0 heterocycles. The van der Waals surface area contributed by atoms with Crippen LogP contribution < -0.4 is 11.1 Å². The van der Waals surface area contributed by atoms with E-state index in [1.807, 2.05) is 0 Å². The number of amides is 1. The number of benzene rings is 1. The van der Waals surface area contributed by atoms with Crippen molar-refractivity contribution in [3.05, 3.63) is 27.7 Å². The standard InChI is InChI=1S/C11H12Cl2N2O2/c12-7-3-6(4-8(14)9(7)13)10(17)15-11(5-16)1-2-11/h3-4,16H,1-2,5,14H2,(H,15,17). The Bertz CT molecular complexity index is 450. The smallest absolute Gasteiger partial charge is 0.251 e. The van der Waals surface area contributed by atoms with Gasteiger partial charge in [0, 0.05) is 5.56 Å². The van der Waals surface area contributed by atoms with Crippen LogP contribution in [0.1, 0.15) is 23.2 Å². The highest BCUT2D eigenvalue weighted by Crippen LogP contribution is 2.35. The van der Waals surface area contributed by atoms with Crippen LogP contribution in [0.15, 0.2) is 12.1 Å². The number of hydrogen-bond donors (Lipinski definition) is 3. The predicted octanol–water partition coefficient (Wildman–Crippen LogP) is 1.83. The van der Waals surface area contributed by atoms with E-state index in [2.05, 4.69) is 5.32 Å². The molecule has 0 unspecified atom stereocenters. The Morgan fingerprint density at radius 1 is 1.47 bits per heavy atom. The number of aliphatic hydroxyl groups is 1. The van der Waals surface area contributed by atoms with Crippen molar-refractivity contribution < 1.29 is 9.90 Å². The number of aliphatic hydroxyl groups excluding tert-OH is 1. The summed E-state index contributed by atoms with van der Waals surface area (Å²) in [5.74, 6) is -0.304. The van der Waals surface area contributed by atoms with Crippen molar-refractivity contribution in [2.24, 2.45) is 0 Å². The Kier molecular flexibility index (Phi) is 3.21. The van der Waals surface area contributed by atoms with Gasteiger partial charge in [-0.05, 0) is 25.0 Å². The minimum absolute atomic E-state index is 0.0600. The van der Waals surface area contributed by atoms with E-state index in [1.54, 1.807) is 0 Å². The van der Waals surface area contributed by atoms with E-state index in [0.717, 1.165) is 12.8 Å². The fraction of sp³-hybridized carbons (Fsp3) is 0.364. The highest BCUT2D eigenvalue weighted by molar-refractivity contribution is 6.43. The van der Waals surface area contributed by atoms with Gasteiger partial charge in [0.25, 0.3) is 5.91 Å². The Morgan fingerprint density at radius 3 is 2.59 bits per heavy atom. The molecule has 0 spiro atoms. The molecular formula is C11H12Cl2N2O2. The Hall–Kier alpha value is -0.970. The summed E-state index contributed by atoms with van der Waals surface area (Å²) in [5, 5.41) is 12.4. The maximum atomic E-state index is 11.9. The van der Waals surface area contributed by atoms with Crippen LogP contribution in [0.5, 0.6) is 0 Å². The first kappa shape index (κ1) is 12.5. The second-order valence-corrected chi connectivity index (χ2v) is 5.04. The van der Waals surface area contributed by atoms with E-state index in [4.69, 9.17) is 34.0 Å². The maximum Gasteiger partial charge on any atom is 0.251 e. The molecule has 92 valence electrons. The van der Waals surface area contributed by atoms with Gasteiger partial charge < -0.3 is 16.2 Å². The lowest BCUT2D eigenvalue weighted by Gasteiger charge is -2.14. The molecule has 0 saturated heterocycles. The highest BCUT2D eigenvalue weighted by atomic mass is 35.5. The van der Waals surface area contributed by atoms with Crippen molar-refractivity contribution in [1.29, 1.82) is 0 Å². The second kappa shape index (κ2) is 4.37. The molecule has 1 fully saturated rings. The third kappa shape index (κ3) is 2.49. The summed E-state index contributed by atoms with van der Waals surface area (Å²) in [6.45, 7) is -0.0600. The van der Waals surface area contributed by atoms with Gasteiger partial charge in [0.15, 0.2) is 0 Å². The molecule has 1 saturated carbocycles. The van der Waals surface area contributed by atoms with E-state index in [-0.39, 0.29) is 28.2 Å². The van der Waals surface area contributed by atoms with E-state index in [1.165, 1.54) is 12.1 Å². The van der Waals surface area contributed by atoms with Crippen molar-refractivity contribution in [2.75, 3.05) is 12.3 Å². The molecular weight excluding hydrogens is 263 g/mol. The van der Waals surface area contributed by atoms with Crippen molar-refractivity contribution in [1.82, 2.24) is 5.32 Å². The third-order valence-electron chi connectivity index (χ3n) is 2.85. The van der Waals surface area contributed by atoms with Gasteiger partial charge in [-0.25, -0.2) is 0 Å². The maximum absolute atomic E-state index is 11.9. The lowest BCUT2D eigenvalue weighted by Crippen LogP contribution is -2.39. The third-order valence-corrected chi connectivity index (χ3v) is 3.67. The molecule has 1 aromatic rings. The van der Waals surface area contributed by atoms with Crippen LogP contribution in [0.25, 0.3) is 0 Å². The molecule has 0 bridgehead atoms. The summed E-state index contributed by atoms with van der Waals surface area (Å²) in [6.07, 6.45) is 1.57. The van der Waals surface area contributed by atoms with Crippen LogP contribution in [0.3, 0.4) is 0 Å². The molecule has 0 aliphatic heterocycles.